The Hall–Kier alpha value is -2.10. The van der Waals surface area contributed by atoms with Crippen LogP contribution in [-0.4, -0.2) is 14.8 Å². The van der Waals surface area contributed by atoms with Crippen molar-refractivity contribution in [3.05, 3.63) is 30.5 Å². The fraction of sp³-hybridized carbons (Fsp3) is 0.231. The van der Waals surface area contributed by atoms with Gasteiger partial charge in [0.2, 0.25) is 0 Å². The van der Waals surface area contributed by atoms with Crippen LogP contribution in [0.2, 0.25) is 0 Å². The molecule has 3 aromatic rings. The van der Waals surface area contributed by atoms with Crippen LogP contribution in [-0.2, 0) is 6.54 Å². The van der Waals surface area contributed by atoms with Gasteiger partial charge in [-0.2, -0.15) is 5.10 Å². The third-order valence-electron chi connectivity index (χ3n) is 2.89. The summed E-state index contributed by atoms with van der Waals surface area (Å²) in [6, 6.07) is 8.01. The SMILES string of the molecule is CCCn1cc2c(n1)c(N)nc1ccccc12. The van der Waals surface area contributed by atoms with E-state index in [-0.39, 0.29) is 0 Å². The second-order valence-corrected chi connectivity index (χ2v) is 4.17. The van der Waals surface area contributed by atoms with E-state index in [1.54, 1.807) is 0 Å². The van der Waals surface area contributed by atoms with Gasteiger partial charge in [0.25, 0.3) is 0 Å². The summed E-state index contributed by atoms with van der Waals surface area (Å²) in [6.07, 6.45) is 3.11. The number of nitrogens with two attached hydrogens (primary N) is 1. The van der Waals surface area contributed by atoms with Gasteiger partial charge in [-0.3, -0.25) is 4.68 Å². The van der Waals surface area contributed by atoms with Crippen LogP contribution < -0.4 is 5.73 Å². The molecule has 0 aliphatic rings. The van der Waals surface area contributed by atoms with Gasteiger partial charge in [0.05, 0.1) is 5.52 Å². The summed E-state index contributed by atoms with van der Waals surface area (Å²) in [7, 11) is 0. The maximum atomic E-state index is 5.94. The second kappa shape index (κ2) is 3.73. The summed E-state index contributed by atoms with van der Waals surface area (Å²) in [6.45, 7) is 3.04. The van der Waals surface area contributed by atoms with Gasteiger partial charge in [-0.1, -0.05) is 25.1 Å². The van der Waals surface area contributed by atoms with Crippen molar-refractivity contribution in [2.45, 2.75) is 19.9 Å². The summed E-state index contributed by atoms with van der Waals surface area (Å²) >= 11 is 0. The number of aromatic nitrogens is 3. The van der Waals surface area contributed by atoms with Crippen LogP contribution in [0.1, 0.15) is 13.3 Å². The number of para-hydroxylation sites is 1. The van der Waals surface area contributed by atoms with Crippen molar-refractivity contribution < 1.29 is 0 Å². The monoisotopic (exact) mass is 226 g/mol. The number of fused-ring (bicyclic) bond motifs is 3. The molecule has 0 saturated carbocycles. The third kappa shape index (κ3) is 1.53. The van der Waals surface area contributed by atoms with Crippen molar-refractivity contribution in [2.24, 2.45) is 0 Å². The highest BCUT2D eigenvalue weighted by atomic mass is 15.3. The maximum absolute atomic E-state index is 5.94. The molecule has 0 spiro atoms. The molecule has 0 bridgehead atoms. The van der Waals surface area contributed by atoms with Crippen molar-refractivity contribution in [1.82, 2.24) is 14.8 Å². The molecule has 0 saturated heterocycles. The number of pyridine rings is 1. The van der Waals surface area contributed by atoms with Crippen LogP contribution in [0.15, 0.2) is 30.5 Å². The number of rotatable bonds is 2. The lowest BCUT2D eigenvalue weighted by atomic mass is 10.1. The molecule has 0 radical (unpaired) electrons. The Morgan fingerprint density at radius 1 is 1.24 bits per heavy atom. The number of nitrogens with zero attached hydrogens (tertiary/aromatic N) is 3. The Morgan fingerprint density at radius 2 is 2.06 bits per heavy atom. The Kier molecular flexibility index (Phi) is 2.21. The van der Waals surface area contributed by atoms with E-state index in [4.69, 9.17) is 5.73 Å². The molecule has 2 N–H and O–H groups in total. The highest BCUT2D eigenvalue weighted by Crippen LogP contribution is 2.26. The van der Waals surface area contributed by atoms with Crippen molar-refractivity contribution in [1.29, 1.82) is 0 Å². The first-order valence-electron chi connectivity index (χ1n) is 5.81. The predicted octanol–water partition coefficient (Wildman–Crippen LogP) is 2.58. The summed E-state index contributed by atoms with van der Waals surface area (Å²) in [5.41, 5.74) is 7.67. The molecule has 2 aromatic heterocycles. The van der Waals surface area contributed by atoms with E-state index in [0.717, 1.165) is 34.8 Å². The Balaban J connectivity index is 2.39. The first-order chi connectivity index (χ1) is 8.29. The predicted molar refractivity (Wildman–Crippen MR) is 69.7 cm³/mol. The van der Waals surface area contributed by atoms with Crippen LogP contribution in [0, 0.1) is 0 Å². The van der Waals surface area contributed by atoms with E-state index in [9.17, 15) is 0 Å². The first kappa shape index (κ1) is 10.1. The number of aryl methyl sites for hydroxylation is 1. The van der Waals surface area contributed by atoms with Crippen LogP contribution >= 0.6 is 0 Å². The Labute approximate surface area is 99.1 Å². The van der Waals surface area contributed by atoms with Crippen LogP contribution in [0.25, 0.3) is 21.8 Å². The quantitative estimate of drug-likeness (QED) is 0.730. The molecule has 2 heterocycles. The highest BCUT2D eigenvalue weighted by molar-refractivity contribution is 6.07. The van der Waals surface area contributed by atoms with Gasteiger partial charge < -0.3 is 5.73 Å². The molecule has 4 heteroatoms. The summed E-state index contributed by atoms with van der Waals surface area (Å²) in [4.78, 5) is 4.38. The molecule has 1 aromatic carbocycles. The standard InChI is InChI=1S/C13H14N4/c1-2-7-17-8-10-9-5-3-4-6-11(9)15-13(14)12(10)16-17/h3-6,8H,2,7H2,1H3,(H2,14,15). The van der Waals surface area contributed by atoms with E-state index >= 15 is 0 Å². The lowest BCUT2D eigenvalue weighted by Crippen LogP contribution is -1.97. The molecule has 86 valence electrons. The summed E-state index contributed by atoms with van der Waals surface area (Å²) < 4.78 is 1.94. The Morgan fingerprint density at radius 3 is 2.88 bits per heavy atom. The molecule has 4 nitrogen and oxygen atoms in total. The number of hydrogen-bond donors (Lipinski definition) is 1. The summed E-state index contributed by atoms with van der Waals surface area (Å²) in [5, 5.41) is 6.68. The van der Waals surface area contributed by atoms with Crippen molar-refractivity contribution >= 4 is 27.6 Å². The number of hydrogen-bond acceptors (Lipinski definition) is 3. The highest BCUT2D eigenvalue weighted by Gasteiger charge is 2.09. The van der Waals surface area contributed by atoms with Gasteiger partial charge >= 0.3 is 0 Å². The van der Waals surface area contributed by atoms with Gasteiger partial charge in [-0.25, -0.2) is 4.98 Å². The average molecular weight is 226 g/mol. The zero-order valence-electron chi connectivity index (χ0n) is 9.72. The molecular weight excluding hydrogens is 212 g/mol. The first-order valence-corrected chi connectivity index (χ1v) is 5.81. The van der Waals surface area contributed by atoms with Gasteiger partial charge in [0.15, 0.2) is 5.82 Å². The van der Waals surface area contributed by atoms with E-state index < -0.39 is 0 Å². The number of benzene rings is 1. The van der Waals surface area contributed by atoms with E-state index in [2.05, 4.69) is 29.3 Å². The van der Waals surface area contributed by atoms with Gasteiger partial charge in [0.1, 0.15) is 5.52 Å². The molecule has 0 amide bonds. The second-order valence-electron chi connectivity index (χ2n) is 4.17. The number of nitrogen functional groups attached to an aromatic ring is 1. The zero-order chi connectivity index (χ0) is 11.8. The molecule has 0 aliphatic heterocycles. The van der Waals surface area contributed by atoms with Gasteiger partial charge in [-0.15, -0.1) is 0 Å². The van der Waals surface area contributed by atoms with E-state index in [0.29, 0.717) is 5.82 Å². The van der Waals surface area contributed by atoms with Gasteiger partial charge in [-0.05, 0) is 12.5 Å². The minimum Gasteiger partial charge on any atom is -0.382 e. The van der Waals surface area contributed by atoms with Crippen LogP contribution in [0.4, 0.5) is 5.82 Å². The van der Waals surface area contributed by atoms with E-state index in [1.165, 1.54) is 0 Å². The van der Waals surface area contributed by atoms with Crippen LogP contribution in [0.5, 0.6) is 0 Å². The van der Waals surface area contributed by atoms with Crippen LogP contribution in [0.3, 0.4) is 0 Å². The largest absolute Gasteiger partial charge is 0.382 e. The smallest absolute Gasteiger partial charge is 0.152 e. The normalized spacial score (nSPS) is 11.4. The maximum Gasteiger partial charge on any atom is 0.152 e. The molecule has 0 fully saturated rings. The third-order valence-corrected chi connectivity index (χ3v) is 2.89. The minimum atomic E-state index is 0.508. The molecular formula is C13H14N4. The molecule has 0 atom stereocenters. The number of anilines is 1. The van der Waals surface area contributed by atoms with Gasteiger partial charge in [0, 0.05) is 23.5 Å². The topological polar surface area (TPSA) is 56.7 Å². The minimum absolute atomic E-state index is 0.508. The van der Waals surface area contributed by atoms with E-state index in [1.807, 2.05) is 22.9 Å². The average Bonchev–Trinajstić information content (AvgIpc) is 2.74. The summed E-state index contributed by atoms with van der Waals surface area (Å²) in [5.74, 6) is 0.508. The molecule has 17 heavy (non-hydrogen) atoms. The lowest BCUT2D eigenvalue weighted by molar-refractivity contribution is 0.609. The molecule has 0 aliphatic carbocycles. The fourth-order valence-corrected chi connectivity index (χ4v) is 2.13. The van der Waals surface area contributed by atoms with Crippen molar-refractivity contribution in [3.8, 4) is 0 Å². The Bertz CT molecular complexity index is 684. The molecule has 0 unspecified atom stereocenters. The zero-order valence-corrected chi connectivity index (χ0v) is 9.72. The molecule has 3 rings (SSSR count). The fourth-order valence-electron chi connectivity index (χ4n) is 2.13. The lowest BCUT2D eigenvalue weighted by Gasteiger charge is -1.99. The van der Waals surface area contributed by atoms with Crippen molar-refractivity contribution in [2.75, 3.05) is 5.73 Å². The van der Waals surface area contributed by atoms with Crippen molar-refractivity contribution in [3.63, 3.8) is 0 Å².